The van der Waals surface area contributed by atoms with E-state index in [-0.39, 0.29) is 11.7 Å². The number of anilines is 1. The van der Waals surface area contributed by atoms with Crippen molar-refractivity contribution in [2.24, 2.45) is 0 Å². The highest BCUT2D eigenvalue weighted by molar-refractivity contribution is 7.21. The minimum Gasteiger partial charge on any atom is -0.306 e. The number of hydrogen-bond acceptors (Lipinski definition) is 3. The van der Waals surface area contributed by atoms with E-state index in [1.165, 1.54) is 18.3 Å². The standard InChI is InChI=1S/C12H7ClFN3OS/c13-10-7-2-1-6(14)5-8(7)19-11(10)12(18)16-9-3-4-15-17-9/h1-5H,(H2,15,16,17,18). The third-order valence-electron chi connectivity index (χ3n) is 2.55. The molecule has 3 rings (SSSR count). The molecule has 0 bridgehead atoms. The van der Waals surface area contributed by atoms with Gasteiger partial charge in [-0.2, -0.15) is 5.10 Å². The van der Waals surface area contributed by atoms with Gasteiger partial charge in [0.1, 0.15) is 16.5 Å². The van der Waals surface area contributed by atoms with Crippen LogP contribution in [0.15, 0.2) is 30.5 Å². The van der Waals surface area contributed by atoms with Crippen LogP contribution in [0.3, 0.4) is 0 Å². The number of thiophene rings is 1. The van der Waals surface area contributed by atoms with Crippen molar-refractivity contribution in [1.29, 1.82) is 0 Å². The van der Waals surface area contributed by atoms with Crippen LogP contribution in [-0.4, -0.2) is 16.1 Å². The molecule has 1 amide bonds. The number of H-pyrrole nitrogens is 1. The highest BCUT2D eigenvalue weighted by Crippen LogP contribution is 2.35. The van der Waals surface area contributed by atoms with Crippen LogP contribution in [0.4, 0.5) is 10.2 Å². The number of halogens is 2. The van der Waals surface area contributed by atoms with Gasteiger partial charge in [0.15, 0.2) is 0 Å². The van der Waals surface area contributed by atoms with Gasteiger partial charge in [-0.15, -0.1) is 11.3 Å². The number of aromatic amines is 1. The average molecular weight is 296 g/mol. The van der Waals surface area contributed by atoms with Crippen LogP contribution in [0.25, 0.3) is 10.1 Å². The molecule has 0 aliphatic heterocycles. The van der Waals surface area contributed by atoms with Gasteiger partial charge >= 0.3 is 0 Å². The van der Waals surface area contributed by atoms with Crippen molar-refractivity contribution in [3.05, 3.63) is 46.2 Å². The molecule has 0 aliphatic rings. The molecule has 1 aromatic carbocycles. The molecule has 7 heteroatoms. The largest absolute Gasteiger partial charge is 0.306 e. The van der Waals surface area contributed by atoms with Gasteiger partial charge < -0.3 is 5.32 Å². The Morgan fingerprint density at radius 1 is 1.42 bits per heavy atom. The van der Waals surface area contributed by atoms with Crippen LogP contribution >= 0.6 is 22.9 Å². The van der Waals surface area contributed by atoms with E-state index >= 15 is 0 Å². The zero-order valence-corrected chi connectivity index (χ0v) is 11.0. The molecule has 4 nitrogen and oxygen atoms in total. The van der Waals surface area contributed by atoms with Gasteiger partial charge in [0.25, 0.3) is 5.91 Å². The van der Waals surface area contributed by atoms with Gasteiger partial charge in [-0.3, -0.25) is 9.89 Å². The van der Waals surface area contributed by atoms with Crippen LogP contribution in [0.2, 0.25) is 5.02 Å². The molecule has 96 valence electrons. The molecule has 0 unspecified atom stereocenters. The number of rotatable bonds is 2. The zero-order chi connectivity index (χ0) is 13.4. The molecule has 0 saturated heterocycles. The molecule has 0 saturated carbocycles. The third-order valence-corrected chi connectivity index (χ3v) is 4.20. The van der Waals surface area contributed by atoms with Crippen LogP contribution < -0.4 is 5.32 Å². The molecular formula is C12H7ClFN3OS. The van der Waals surface area contributed by atoms with Crippen LogP contribution in [-0.2, 0) is 0 Å². The fourth-order valence-corrected chi connectivity index (χ4v) is 3.13. The number of amides is 1. The summed E-state index contributed by atoms with van der Waals surface area (Å²) in [6.07, 6.45) is 1.53. The Hall–Kier alpha value is -1.92. The number of aromatic nitrogens is 2. The number of nitrogens with one attached hydrogen (secondary N) is 2. The van der Waals surface area contributed by atoms with Crippen LogP contribution in [0, 0.1) is 5.82 Å². The van der Waals surface area contributed by atoms with Gasteiger partial charge in [0, 0.05) is 16.2 Å². The molecular weight excluding hydrogens is 289 g/mol. The van der Waals surface area contributed by atoms with Gasteiger partial charge in [-0.25, -0.2) is 4.39 Å². The smallest absolute Gasteiger partial charge is 0.268 e. The van der Waals surface area contributed by atoms with Gasteiger partial charge in [0.2, 0.25) is 0 Å². The first-order chi connectivity index (χ1) is 9.15. The van der Waals surface area contributed by atoms with E-state index in [0.29, 0.717) is 25.8 Å². The molecule has 19 heavy (non-hydrogen) atoms. The number of fused-ring (bicyclic) bond motifs is 1. The lowest BCUT2D eigenvalue weighted by molar-refractivity contribution is 0.103. The van der Waals surface area contributed by atoms with Crippen molar-refractivity contribution < 1.29 is 9.18 Å². The summed E-state index contributed by atoms with van der Waals surface area (Å²) in [5, 5.41) is 9.98. The normalized spacial score (nSPS) is 10.8. The number of nitrogens with zero attached hydrogens (tertiary/aromatic N) is 1. The molecule has 0 atom stereocenters. The van der Waals surface area contributed by atoms with E-state index < -0.39 is 0 Å². The third kappa shape index (κ3) is 2.20. The fraction of sp³-hybridized carbons (Fsp3) is 0. The second kappa shape index (κ2) is 4.64. The summed E-state index contributed by atoms with van der Waals surface area (Å²) in [6, 6.07) is 5.87. The van der Waals surface area contributed by atoms with E-state index in [9.17, 15) is 9.18 Å². The SMILES string of the molecule is O=C(Nc1ccn[nH]1)c1sc2cc(F)ccc2c1Cl. The topological polar surface area (TPSA) is 57.8 Å². The Bertz CT molecular complexity index is 754. The first kappa shape index (κ1) is 12.1. The molecule has 0 fully saturated rings. The van der Waals surface area contributed by atoms with Crippen LogP contribution in [0.5, 0.6) is 0 Å². The van der Waals surface area contributed by atoms with Crippen LogP contribution in [0.1, 0.15) is 9.67 Å². The van der Waals surface area contributed by atoms with Crippen molar-refractivity contribution in [2.75, 3.05) is 5.32 Å². The molecule has 0 radical (unpaired) electrons. The van der Waals surface area contributed by atoms with Crippen molar-refractivity contribution in [3.8, 4) is 0 Å². The first-order valence-electron chi connectivity index (χ1n) is 5.33. The second-order valence-corrected chi connectivity index (χ2v) is 5.24. The molecule has 2 N–H and O–H groups in total. The Morgan fingerprint density at radius 3 is 3.00 bits per heavy atom. The maximum atomic E-state index is 13.1. The number of carbonyl (C=O) groups excluding carboxylic acids is 1. The van der Waals surface area contributed by atoms with Crippen molar-refractivity contribution in [2.45, 2.75) is 0 Å². The number of benzene rings is 1. The molecule has 0 aliphatic carbocycles. The van der Waals surface area contributed by atoms with E-state index in [2.05, 4.69) is 15.5 Å². The van der Waals surface area contributed by atoms with E-state index in [0.717, 1.165) is 11.3 Å². The molecule has 2 heterocycles. The van der Waals surface area contributed by atoms with Crippen molar-refractivity contribution >= 4 is 44.7 Å². The molecule has 3 aromatic rings. The summed E-state index contributed by atoms with van der Waals surface area (Å²) in [6.45, 7) is 0. The summed E-state index contributed by atoms with van der Waals surface area (Å²) in [5.41, 5.74) is 0. The maximum Gasteiger partial charge on any atom is 0.268 e. The lowest BCUT2D eigenvalue weighted by Gasteiger charge is -1.99. The number of carbonyl (C=O) groups is 1. The van der Waals surface area contributed by atoms with Gasteiger partial charge in [-0.05, 0) is 18.2 Å². The summed E-state index contributed by atoms with van der Waals surface area (Å²) >= 11 is 7.30. The summed E-state index contributed by atoms with van der Waals surface area (Å²) in [7, 11) is 0. The summed E-state index contributed by atoms with van der Waals surface area (Å²) in [4.78, 5) is 12.4. The van der Waals surface area contributed by atoms with Crippen molar-refractivity contribution in [1.82, 2.24) is 10.2 Å². The Morgan fingerprint density at radius 2 is 2.26 bits per heavy atom. The van der Waals surface area contributed by atoms with E-state index in [1.807, 2.05) is 0 Å². The quantitative estimate of drug-likeness (QED) is 0.758. The highest BCUT2D eigenvalue weighted by atomic mass is 35.5. The van der Waals surface area contributed by atoms with Gasteiger partial charge in [0.05, 0.1) is 11.2 Å². The highest BCUT2D eigenvalue weighted by Gasteiger charge is 2.17. The van der Waals surface area contributed by atoms with E-state index in [1.54, 1.807) is 12.1 Å². The fourth-order valence-electron chi connectivity index (χ4n) is 1.69. The van der Waals surface area contributed by atoms with E-state index in [4.69, 9.17) is 11.6 Å². The second-order valence-electron chi connectivity index (χ2n) is 3.81. The number of hydrogen-bond donors (Lipinski definition) is 2. The minimum absolute atomic E-state index is 0.331. The predicted molar refractivity (Wildman–Crippen MR) is 73.3 cm³/mol. The monoisotopic (exact) mass is 295 g/mol. The van der Waals surface area contributed by atoms with Crippen molar-refractivity contribution in [3.63, 3.8) is 0 Å². The predicted octanol–water partition coefficient (Wildman–Crippen LogP) is 3.67. The van der Waals surface area contributed by atoms with Gasteiger partial charge in [-0.1, -0.05) is 11.6 Å². The first-order valence-corrected chi connectivity index (χ1v) is 6.53. The summed E-state index contributed by atoms with van der Waals surface area (Å²) in [5.74, 6) is -0.230. The maximum absolute atomic E-state index is 13.1. The molecule has 2 aromatic heterocycles. The Kier molecular flexibility index (Phi) is 2.96. The Balaban J connectivity index is 2.00. The average Bonchev–Trinajstić information content (AvgIpc) is 2.97. The summed E-state index contributed by atoms with van der Waals surface area (Å²) < 4.78 is 13.8. The molecule has 0 spiro atoms. The zero-order valence-electron chi connectivity index (χ0n) is 9.41. The minimum atomic E-state index is -0.356. The lowest BCUT2D eigenvalue weighted by Crippen LogP contribution is -2.10. The Labute approximate surface area is 116 Å². The lowest BCUT2D eigenvalue weighted by atomic mass is 10.2.